The predicted molar refractivity (Wildman–Crippen MR) is 79.4 cm³/mol. The molecule has 1 amide bonds. The maximum absolute atomic E-state index is 12.7. The number of para-hydroxylation sites is 1. The van der Waals surface area contributed by atoms with Gasteiger partial charge in [0.25, 0.3) is 0 Å². The lowest BCUT2D eigenvalue weighted by Gasteiger charge is -2.27. The van der Waals surface area contributed by atoms with Crippen molar-refractivity contribution in [1.29, 1.82) is 0 Å². The zero-order valence-electron chi connectivity index (χ0n) is 11.9. The average molecular weight is 288 g/mol. The molecule has 2 N–H and O–H groups in total. The van der Waals surface area contributed by atoms with Gasteiger partial charge in [0.15, 0.2) is 0 Å². The molecule has 1 fully saturated rings. The Hall–Kier alpha value is -1.88. The number of benzene rings is 1. The molecule has 3 rings (SSSR count). The minimum Gasteiger partial charge on any atom is -0.481 e. The number of aliphatic carboxylic acids is 1. The molecule has 5 nitrogen and oxygen atoms in total. The number of hydrogen-bond donors (Lipinski definition) is 2. The van der Waals surface area contributed by atoms with Crippen molar-refractivity contribution in [3.05, 3.63) is 29.8 Å². The van der Waals surface area contributed by atoms with Gasteiger partial charge in [0.05, 0.1) is 12.5 Å². The van der Waals surface area contributed by atoms with Gasteiger partial charge in [0.1, 0.15) is 0 Å². The third kappa shape index (κ3) is 2.78. The first-order chi connectivity index (χ1) is 10.2. The first kappa shape index (κ1) is 14.1. The number of carbonyl (C=O) groups excluding carboxylic acids is 1. The van der Waals surface area contributed by atoms with E-state index in [2.05, 4.69) is 5.32 Å². The van der Waals surface area contributed by atoms with Gasteiger partial charge >= 0.3 is 5.97 Å². The summed E-state index contributed by atoms with van der Waals surface area (Å²) in [5, 5.41) is 12.3. The number of piperidine rings is 1. The molecule has 1 aromatic carbocycles. The third-order valence-corrected chi connectivity index (χ3v) is 4.37. The molecule has 0 spiro atoms. The number of amides is 1. The molecule has 0 saturated carbocycles. The molecule has 1 aromatic rings. The Bertz CT molecular complexity index is 552. The Balaban J connectivity index is 1.83. The highest BCUT2D eigenvalue weighted by Gasteiger charge is 2.36. The number of hydrogen-bond acceptors (Lipinski definition) is 3. The number of nitrogens with one attached hydrogen (secondary N) is 1. The highest BCUT2D eigenvalue weighted by atomic mass is 16.4. The van der Waals surface area contributed by atoms with Crippen LogP contribution in [-0.4, -0.2) is 36.1 Å². The second-order valence-corrected chi connectivity index (χ2v) is 5.80. The third-order valence-electron chi connectivity index (χ3n) is 4.37. The van der Waals surface area contributed by atoms with Crippen molar-refractivity contribution in [2.45, 2.75) is 37.6 Å². The van der Waals surface area contributed by atoms with Crippen molar-refractivity contribution in [2.24, 2.45) is 0 Å². The molecular formula is C16H20N2O3. The normalized spacial score (nSPS) is 24.7. The molecular weight excluding hydrogens is 268 g/mol. The molecule has 5 heteroatoms. The van der Waals surface area contributed by atoms with Crippen molar-refractivity contribution in [3.8, 4) is 0 Å². The molecule has 112 valence electrons. The van der Waals surface area contributed by atoms with Gasteiger partial charge in [0.2, 0.25) is 5.91 Å². The van der Waals surface area contributed by atoms with E-state index < -0.39 is 5.97 Å². The minimum atomic E-state index is -0.820. The van der Waals surface area contributed by atoms with Gasteiger partial charge in [0, 0.05) is 18.2 Å². The summed E-state index contributed by atoms with van der Waals surface area (Å²) in [6, 6.07) is 7.52. The smallest absolute Gasteiger partial charge is 0.304 e. The summed E-state index contributed by atoms with van der Waals surface area (Å²) in [5.74, 6) is -0.846. The zero-order chi connectivity index (χ0) is 14.8. The van der Waals surface area contributed by atoms with E-state index in [-0.39, 0.29) is 24.3 Å². The van der Waals surface area contributed by atoms with E-state index in [4.69, 9.17) is 5.11 Å². The fourth-order valence-electron chi connectivity index (χ4n) is 3.34. The standard InChI is InChI=1S/C16H20N2O3/c19-15(20)9-11-10-18(14-7-2-1-5-12(11)14)16(21)13-6-3-4-8-17-13/h1-2,5,7,11,13,17H,3-4,6,8-10H2,(H,19,20)/t11?,13-/m1/s1. The maximum Gasteiger partial charge on any atom is 0.304 e. The lowest BCUT2D eigenvalue weighted by atomic mass is 9.98. The zero-order valence-corrected chi connectivity index (χ0v) is 11.9. The highest BCUT2D eigenvalue weighted by Crippen LogP contribution is 2.38. The molecule has 2 heterocycles. The van der Waals surface area contributed by atoms with E-state index in [1.807, 2.05) is 24.3 Å². The summed E-state index contributed by atoms with van der Waals surface area (Å²) in [5.41, 5.74) is 1.85. The van der Waals surface area contributed by atoms with Crippen molar-refractivity contribution in [3.63, 3.8) is 0 Å². The highest BCUT2D eigenvalue weighted by molar-refractivity contribution is 5.99. The van der Waals surface area contributed by atoms with Crippen LogP contribution in [0, 0.1) is 0 Å². The van der Waals surface area contributed by atoms with Crippen LogP contribution in [0.2, 0.25) is 0 Å². The Morgan fingerprint density at radius 1 is 1.29 bits per heavy atom. The van der Waals surface area contributed by atoms with Crippen LogP contribution in [0.4, 0.5) is 5.69 Å². The van der Waals surface area contributed by atoms with Gasteiger partial charge in [-0.3, -0.25) is 9.59 Å². The number of fused-ring (bicyclic) bond motifs is 1. The van der Waals surface area contributed by atoms with E-state index in [1.54, 1.807) is 4.90 Å². The number of nitrogens with zero attached hydrogens (tertiary/aromatic N) is 1. The van der Waals surface area contributed by atoms with E-state index in [1.165, 1.54) is 0 Å². The van der Waals surface area contributed by atoms with Crippen LogP contribution in [0.1, 0.15) is 37.2 Å². The van der Waals surface area contributed by atoms with E-state index in [0.717, 1.165) is 37.1 Å². The molecule has 0 bridgehead atoms. The van der Waals surface area contributed by atoms with Crippen LogP contribution >= 0.6 is 0 Å². The van der Waals surface area contributed by atoms with Gasteiger partial charge in [-0.15, -0.1) is 0 Å². The lowest BCUT2D eigenvalue weighted by Crippen LogP contribution is -2.48. The molecule has 2 aliphatic heterocycles. The first-order valence-electron chi connectivity index (χ1n) is 7.52. The largest absolute Gasteiger partial charge is 0.481 e. The molecule has 21 heavy (non-hydrogen) atoms. The second-order valence-electron chi connectivity index (χ2n) is 5.80. The lowest BCUT2D eigenvalue weighted by molar-refractivity contribution is -0.137. The molecule has 2 atom stereocenters. The van der Waals surface area contributed by atoms with E-state index >= 15 is 0 Å². The fraction of sp³-hybridized carbons (Fsp3) is 0.500. The number of carbonyl (C=O) groups is 2. The van der Waals surface area contributed by atoms with Gasteiger partial charge in [-0.1, -0.05) is 24.6 Å². The Morgan fingerprint density at radius 3 is 2.81 bits per heavy atom. The van der Waals surface area contributed by atoms with Crippen LogP contribution in [0.3, 0.4) is 0 Å². The topological polar surface area (TPSA) is 69.6 Å². The number of rotatable bonds is 3. The Labute approximate surface area is 123 Å². The molecule has 2 aliphatic rings. The average Bonchev–Trinajstić information content (AvgIpc) is 2.86. The van der Waals surface area contributed by atoms with Crippen molar-refractivity contribution >= 4 is 17.6 Å². The molecule has 0 radical (unpaired) electrons. The summed E-state index contributed by atoms with van der Waals surface area (Å²) in [6.45, 7) is 1.35. The minimum absolute atomic E-state index is 0.0683. The quantitative estimate of drug-likeness (QED) is 0.889. The van der Waals surface area contributed by atoms with Crippen molar-refractivity contribution < 1.29 is 14.7 Å². The van der Waals surface area contributed by atoms with Gasteiger partial charge < -0.3 is 15.3 Å². The molecule has 0 aromatic heterocycles. The summed E-state index contributed by atoms with van der Waals surface area (Å²) >= 11 is 0. The van der Waals surface area contributed by atoms with Crippen LogP contribution in [0.25, 0.3) is 0 Å². The molecule has 1 unspecified atom stereocenters. The molecule has 1 saturated heterocycles. The van der Waals surface area contributed by atoms with Crippen LogP contribution in [0.15, 0.2) is 24.3 Å². The summed E-state index contributed by atoms with van der Waals surface area (Å²) in [4.78, 5) is 25.5. The van der Waals surface area contributed by atoms with E-state index in [0.29, 0.717) is 6.54 Å². The Morgan fingerprint density at radius 2 is 2.10 bits per heavy atom. The number of anilines is 1. The van der Waals surface area contributed by atoms with Gasteiger partial charge in [-0.2, -0.15) is 0 Å². The van der Waals surface area contributed by atoms with Crippen LogP contribution < -0.4 is 10.2 Å². The summed E-state index contributed by atoms with van der Waals surface area (Å²) in [7, 11) is 0. The SMILES string of the molecule is O=C(O)CC1CN(C(=O)[C@H]2CCCCN2)c2ccccc21. The monoisotopic (exact) mass is 288 g/mol. The predicted octanol–water partition coefficient (Wildman–Crippen LogP) is 1.73. The first-order valence-corrected chi connectivity index (χ1v) is 7.52. The second kappa shape index (κ2) is 5.85. The van der Waals surface area contributed by atoms with Gasteiger partial charge in [-0.25, -0.2) is 0 Å². The van der Waals surface area contributed by atoms with Crippen molar-refractivity contribution in [1.82, 2.24) is 5.32 Å². The van der Waals surface area contributed by atoms with Crippen LogP contribution in [0.5, 0.6) is 0 Å². The number of carboxylic acids is 1. The molecule has 0 aliphatic carbocycles. The van der Waals surface area contributed by atoms with Gasteiger partial charge in [-0.05, 0) is 31.0 Å². The summed E-state index contributed by atoms with van der Waals surface area (Å²) in [6.07, 6.45) is 3.11. The van der Waals surface area contributed by atoms with E-state index in [9.17, 15) is 9.59 Å². The fourth-order valence-corrected chi connectivity index (χ4v) is 3.34. The Kier molecular flexibility index (Phi) is 3.92. The maximum atomic E-state index is 12.7. The number of carboxylic acid groups (broad SMARTS) is 1. The summed E-state index contributed by atoms with van der Waals surface area (Å²) < 4.78 is 0. The van der Waals surface area contributed by atoms with Crippen molar-refractivity contribution in [2.75, 3.05) is 18.0 Å². The van der Waals surface area contributed by atoms with Crippen LogP contribution in [-0.2, 0) is 9.59 Å².